The van der Waals surface area contributed by atoms with Crippen molar-refractivity contribution in [3.63, 3.8) is 0 Å². The second kappa shape index (κ2) is 4.48. The molecule has 1 aromatic rings. The number of benzene rings is 1. The Balaban J connectivity index is 3.13. The summed E-state index contributed by atoms with van der Waals surface area (Å²) in [5.41, 5.74) is 16.9. The fraction of sp³-hybridized carbons (Fsp3) is 0.0909. The van der Waals surface area contributed by atoms with Gasteiger partial charge in [0.05, 0.1) is 5.92 Å². The van der Waals surface area contributed by atoms with Crippen LogP contribution in [0.25, 0.3) is 0 Å². The number of rotatable bonds is 4. The molecule has 0 spiro atoms. The molecular weight excluding hydrogens is 206 g/mol. The maximum absolute atomic E-state index is 11.3. The maximum Gasteiger partial charge on any atom is 0.245 e. The van der Waals surface area contributed by atoms with Crippen LogP contribution >= 0.6 is 0 Å². The van der Waals surface area contributed by atoms with Crippen LogP contribution in [0.2, 0.25) is 0 Å². The number of carbonyl (C=O) groups is 2. The lowest BCUT2D eigenvalue weighted by atomic mass is 9.91. The van der Waals surface area contributed by atoms with Crippen LogP contribution in [0.1, 0.15) is 11.5 Å². The molecule has 0 saturated carbocycles. The summed E-state index contributed by atoms with van der Waals surface area (Å²) in [6, 6.07) is 6.44. The molecule has 5 nitrogen and oxygen atoms in total. The number of anilines is 1. The highest BCUT2D eigenvalue weighted by Crippen LogP contribution is 2.23. The molecule has 0 saturated heterocycles. The lowest BCUT2D eigenvalue weighted by molar-refractivity contribution is -0.121. The Hall–Kier alpha value is -2.30. The van der Waals surface area contributed by atoms with Gasteiger partial charge in [-0.3, -0.25) is 9.59 Å². The standard InChI is InChI=1S/C11H13N3O2/c1-6(10(13)15)9(11(14)16)7-2-4-8(12)5-3-7/h2-5,9H,1,12H2,(H2,13,15)(H2,14,16). The number of hydrogen-bond donors (Lipinski definition) is 3. The molecule has 1 unspecified atom stereocenters. The molecule has 84 valence electrons. The zero-order valence-electron chi connectivity index (χ0n) is 8.64. The normalized spacial score (nSPS) is 11.8. The van der Waals surface area contributed by atoms with Gasteiger partial charge in [-0.1, -0.05) is 18.7 Å². The van der Waals surface area contributed by atoms with Crippen molar-refractivity contribution < 1.29 is 9.59 Å². The van der Waals surface area contributed by atoms with Gasteiger partial charge in [0, 0.05) is 11.3 Å². The van der Waals surface area contributed by atoms with Gasteiger partial charge in [-0.05, 0) is 17.7 Å². The highest BCUT2D eigenvalue weighted by molar-refractivity contribution is 6.01. The van der Waals surface area contributed by atoms with Crippen LogP contribution in [0.15, 0.2) is 36.4 Å². The molecule has 0 aliphatic rings. The summed E-state index contributed by atoms with van der Waals surface area (Å²) in [6.07, 6.45) is 0. The monoisotopic (exact) mass is 219 g/mol. The minimum absolute atomic E-state index is 0.0303. The van der Waals surface area contributed by atoms with E-state index >= 15 is 0 Å². The van der Waals surface area contributed by atoms with Gasteiger partial charge in [-0.15, -0.1) is 0 Å². The largest absolute Gasteiger partial charge is 0.399 e. The molecule has 6 N–H and O–H groups in total. The Labute approximate surface area is 92.9 Å². The second-order valence-electron chi connectivity index (χ2n) is 3.39. The Bertz CT molecular complexity index is 437. The molecule has 1 rings (SSSR count). The zero-order chi connectivity index (χ0) is 12.3. The van der Waals surface area contributed by atoms with Crippen LogP contribution in [-0.4, -0.2) is 11.8 Å². The molecule has 1 aromatic carbocycles. The van der Waals surface area contributed by atoms with Crippen LogP contribution in [0, 0.1) is 0 Å². The molecule has 0 fully saturated rings. The van der Waals surface area contributed by atoms with Crippen LogP contribution in [0.4, 0.5) is 5.69 Å². The maximum atomic E-state index is 11.3. The van der Waals surface area contributed by atoms with E-state index in [1.54, 1.807) is 24.3 Å². The molecular formula is C11H13N3O2. The van der Waals surface area contributed by atoms with E-state index in [1.807, 2.05) is 0 Å². The smallest absolute Gasteiger partial charge is 0.245 e. The molecule has 1 atom stereocenters. The fourth-order valence-electron chi connectivity index (χ4n) is 1.37. The van der Waals surface area contributed by atoms with E-state index in [9.17, 15) is 9.59 Å². The van der Waals surface area contributed by atoms with Crippen LogP contribution in [0.3, 0.4) is 0 Å². The van der Waals surface area contributed by atoms with Crippen LogP contribution in [-0.2, 0) is 9.59 Å². The molecule has 0 aromatic heterocycles. The van der Waals surface area contributed by atoms with Gasteiger partial charge in [0.15, 0.2) is 0 Å². The van der Waals surface area contributed by atoms with Gasteiger partial charge < -0.3 is 17.2 Å². The van der Waals surface area contributed by atoms with Crippen molar-refractivity contribution in [3.8, 4) is 0 Å². The fourth-order valence-corrected chi connectivity index (χ4v) is 1.37. The summed E-state index contributed by atoms with van der Waals surface area (Å²) >= 11 is 0. The van der Waals surface area contributed by atoms with Crippen LogP contribution in [0.5, 0.6) is 0 Å². The van der Waals surface area contributed by atoms with E-state index in [4.69, 9.17) is 17.2 Å². The van der Waals surface area contributed by atoms with Crippen molar-refractivity contribution in [3.05, 3.63) is 42.0 Å². The van der Waals surface area contributed by atoms with Crippen molar-refractivity contribution in [2.75, 3.05) is 5.73 Å². The molecule has 0 aliphatic heterocycles. The molecule has 0 aliphatic carbocycles. The highest BCUT2D eigenvalue weighted by Gasteiger charge is 2.24. The molecule has 2 amide bonds. The first kappa shape index (κ1) is 11.8. The van der Waals surface area contributed by atoms with Gasteiger partial charge >= 0.3 is 0 Å². The highest BCUT2D eigenvalue weighted by atomic mass is 16.2. The molecule has 5 heteroatoms. The van der Waals surface area contributed by atoms with Gasteiger partial charge in [-0.2, -0.15) is 0 Å². The first-order valence-corrected chi connectivity index (χ1v) is 4.57. The number of nitrogens with two attached hydrogens (primary N) is 3. The third kappa shape index (κ3) is 2.38. The van der Waals surface area contributed by atoms with Crippen molar-refractivity contribution in [2.24, 2.45) is 11.5 Å². The summed E-state index contributed by atoms with van der Waals surface area (Å²) in [7, 11) is 0. The van der Waals surface area contributed by atoms with E-state index in [0.717, 1.165) is 0 Å². The quantitative estimate of drug-likeness (QED) is 0.484. The molecule has 0 heterocycles. The SMILES string of the molecule is C=C(C(N)=O)C(C(N)=O)c1ccc(N)cc1. The Morgan fingerprint density at radius 2 is 1.62 bits per heavy atom. The van der Waals surface area contributed by atoms with Crippen molar-refractivity contribution in [1.82, 2.24) is 0 Å². The summed E-state index contributed by atoms with van der Waals surface area (Å²) in [4.78, 5) is 22.2. The summed E-state index contributed by atoms with van der Waals surface area (Å²) < 4.78 is 0. The predicted molar refractivity (Wildman–Crippen MR) is 61.1 cm³/mol. The number of carbonyl (C=O) groups excluding carboxylic acids is 2. The third-order valence-electron chi connectivity index (χ3n) is 2.22. The van der Waals surface area contributed by atoms with Gasteiger partial charge in [-0.25, -0.2) is 0 Å². The van der Waals surface area contributed by atoms with Crippen LogP contribution < -0.4 is 17.2 Å². The van der Waals surface area contributed by atoms with Crippen molar-refractivity contribution >= 4 is 17.5 Å². The van der Waals surface area contributed by atoms with E-state index < -0.39 is 17.7 Å². The number of nitrogen functional groups attached to an aromatic ring is 1. The Kier molecular flexibility index (Phi) is 3.30. The Morgan fingerprint density at radius 1 is 1.12 bits per heavy atom. The molecule has 0 bridgehead atoms. The molecule has 0 radical (unpaired) electrons. The number of amides is 2. The van der Waals surface area contributed by atoms with Crippen molar-refractivity contribution in [1.29, 1.82) is 0 Å². The average Bonchev–Trinajstić information content (AvgIpc) is 2.20. The number of primary amides is 2. The summed E-state index contributed by atoms with van der Waals surface area (Å²) in [5.74, 6) is -2.33. The second-order valence-corrected chi connectivity index (χ2v) is 3.39. The van der Waals surface area contributed by atoms with E-state index in [-0.39, 0.29) is 5.57 Å². The first-order chi connectivity index (χ1) is 7.43. The minimum atomic E-state index is -0.905. The van der Waals surface area contributed by atoms with E-state index in [0.29, 0.717) is 11.3 Å². The van der Waals surface area contributed by atoms with Crippen molar-refractivity contribution in [2.45, 2.75) is 5.92 Å². The first-order valence-electron chi connectivity index (χ1n) is 4.57. The lowest BCUT2D eigenvalue weighted by Gasteiger charge is -2.14. The molecule has 16 heavy (non-hydrogen) atoms. The Morgan fingerprint density at radius 3 is 2.00 bits per heavy atom. The van der Waals surface area contributed by atoms with Gasteiger partial charge in [0.25, 0.3) is 0 Å². The van der Waals surface area contributed by atoms with Gasteiger partial charge in [0.2, 0.25) is 11.8 Å². The van der Waals surface area contributed by atoms with E-state index in [1.165, 1.54) is 0 Å². The van der Waals surface area contributed by atoms with Gasteiger partial charge in [0.1, 0.15) is 0 Å². The zero-order valence-corrected chi connectivity index (χ0v) is 8.64. The average molecular weight is 219 g/mol. The minimum Gasteiger partial charge on any atom is -0.399 e. The lowest BCUT2D eigenvalue weighted by Crippen LogP contribution is -2.28. The van der Waals surface area contributed by atoms with E-state index in [2.05, 4.69) is 6.58 Å². The number of hydrogen-bond acceptors (Lipinski definition) is 3. The third-order valence-corrected chi connectivity index (χ3v) is 2.22. The topological polar surface area (TPSA) is 112 Å². The summed E-state index contributed by atoms with van der Waals surface area (Å²) in [5, 5.41) is 0. The predicted octanol–water partition coefficient (Wildman–Crippen LogP) is -0.121. The summed E-state index contributed by atoms with van der Waals surface area (Å²) in [6.45, 7) is 3.47.